The molecule has 8 nitrogen and oxygen atoms in total. The van der Waals surface area contributed by atoms with Gasteiger partial charge in [0.2, 0.25) is 0 Å². The maximum absolute atomic E-state index is 5.95. The van der Waals surface area contributed by atoms with E-state index in [9.17, 15) is 0 Å². The van der Waals surface area contributed by atoms with E-state index >= 15 is 0 Å². The van der Waals surface area contributed by atoms with Crippen LogP contribution in [0.2, 0.25) is 0 Å². The summed E-state index contributed by atoms with van der Waals surface area (Å²) in [5.74, 6) is 3.01. The maximum atomic E-state index is 5.95. The van der Waals surface area contributed by atoms with Crippen molar-refractivity contribution in [2.75, 3.05) is 33.9 Å². The molecule has 1 atom stereocenters. The Bertz CT molecular complexity index is 1050. The van der Waals surface area contributed by atoms with Gasteiger partial charge in [0.25, 0.3) is 0 Å². The van der Waals surface area contributed by atoms with Crippen molar-refractivity contribution in [2.24, 2.45) is 12.0 Å². The predicted octanol–water partition coefficient (Wildman–Crippen LogP) is 3.37. The third kappa shape index (κ3) is 5.20. The topological polar surface area (TPSA) is 73.1 Å². The van der Waals surface area contributed by atoms with E-state index in [0.717, 1.165) is 35.9 Å². The fraction of sp³-hybridized carbons (Fsp3) is 0.333. The van der Waals surface area contributed by atoms with E-state index in [1.54, 1.807) is 18.8 Å². The van der Waals surface area contributed by atoms with E-state index < -0.39 is 0 Å². The normalized spacial score (nSPS) is 16.7. The molecule has 1 aromatic heterocycles. The fourth-order valence-corrected chi connectivity index (χ4v) is 3.67. The summed E-state index contributed by atoms with van der Waals surface area (Å²) < 4.78 is 19.0. The van der Waals surface area contributed by atoms with Crippen LogP contribution < -0.4 is 14.8 Å². The molecule has 0 spiro atoms. The number of aliphatic imine (C=N–C) groups is 1. The van der Waals surface area contributed by atoms with Crippen molar-refractivity contribution < 1.29 is 14.2 Å². The zero-order chi connectivity index (χ0) is 22.3. The summed E-state index contributed by atoms with van der Waals surface area (Å²) in [6.07, 6.45) is 3.85. The Balaban J connectivity index is 1.34. The summed E-state index contributed by atoms with van der Waals surface area (Å²) >= 11 is 0. The highest BCUT2D eigenvalue weighted by Crippen LogP contribution is 2.31. The van der Waals surface area contributed by atoms with Gasteiger partial charge < -0.3 is 24.4 Å². The summed E-state index contributed by atoms with van der Waals surface area (Å²) in [4.78, 5) is 6.69. The van der Waals surface area contributed by atoms with Gasteiger partial charge in [0.1, 0.15) is 11.9 Å². The number of para-hydroxylation sites is 2. The molecule has 1 saturated heterocycles. The molecule has 8 heteroatoms. The standard InChI is InChI=1S/C24H29N5O3/c1-25-24(29-12-13-31-23(17-29)19-15-27-28(2)16-19)26-14-18-8-10-20(11-9-18)32-22-7-5-4-6-21(22)30-3/h4-11,15-16,23H,12-14,17H2,1-3H3,(H,25,26). The molecule has 2 heterocycles. The van der Waals surface area contributed by atoms with Gasteiger partial charge in [-0.25, -0.2) is 0 Å². The molecule has 0 saturated carbocycles. The molecule has 4 rings (SSSR count). The van der Waals surface area contributed by atoms with Crippen LogP contribution in [-0.4, -0.2) is 54.5 Å². The van der Waals surface area contributed by atoms with Gasteiger partial charge >= 0.3 is 0 Å². The van der Waals surface area contributed by atoms with Crippen LogP contribution in [0.1, 0.15) is 17.2 Å². The van der Waals surface area contributed by atoms with Crippen molar-refractivity contribution in [3.8, 4) is 17.2 Å². The van der Waals surface area contributed by atoms with Gasteiger partial charge in [-0.05, 0) is 29.8 Å². The second-order valence-electron chi connectivity index (χ2n) is 7.55. The highest BCUT2D eigenvalue weighted by atomic mass is 16.5. The number of morpholine rings is 1. The van der Waals surface area contributed by atoms with Crippen LogP contribution in [-0.2, 0) is 18.3 Å². The summed E-state index contributed by atoms with van der Waals surface area (Å²) in [7, 11) is 5.36. The lowest BCUT2D eigenvalue weighted by molar-refractivity contribution is -0.00805. The van der Waals surface area contributed by atoms with Gasteiger partial charge in [0.05, 0.1) is 26.5 Å². The van der Waals surface area contributed by atoms with Crippen molar-refractivity contribution in [3.63, 3.8) is 0 Å². The number of guanidine groups is 1. The van der Waals surface area contributed by atoms with E-state index in [0.29, 0.717) is 24.7 Å². The van der Waals surface area contributed by atoms with Gasteiger partial charge in [-0.2, -0.15) is 5.10 Å². The second kappa shape index (κ2) is 10.2. The molecule has 0 amide bonds. The zero-order valence-electron chi connectivity index (χ0n) is 18.7. The lowest BCUT2D eigenvalue weighted by Gasteiger charge is -2.34. The molecule has 3 aromatic rings. The number of nitrogens with one attached hydrogen (secondary N) is 1. The van der Waals surface area contributed by atoms with Crippen LogP contribution in [0.25, 0.3) is 0 Å². The molecule has 1 N–H and O–H groups in total. The molecular formula is C24H29N5O3. The highest BCUT2D eigenvalue weighted by molar-refractivity contribution is 5.80. The van der Waals surface area contributed by atoms with E-state index in [4.69, 9.17) is 14.2 Å². The average Bonchev–Trinajstić information content (AvgIpc) is 3.27. The minimum atomic E-state index is -0.0117. The lowest BCUT2D eigenvalue weighted by atomic mass is 10.1. The molecule has 32 heavy (non-hydrogen) atoms. The molecule has 2 aromatic carbocycles. The average molecular weight is 436 g/mol. The highest BCUT2D eigenvalue weighted by Gasteiger charge is 2.25. The number of hydrogen-bond acceptors (Lipinski definition) is 5. The van der Waals surface area contributed by atoms with Crippen molar-refractivity contribution in [1.29, 1.82) is 0 Å². The first-order chi connectivity index (χ1) is 15.7. The van der Waals surface area contributed by atoms with Crippen molar-refractivity contribution in [1.82, 2.24) is 20.0 Å². The van der Waals surface area contributed by atoms with Crippen LogP contribution in [0.5, 0.6) is 17.2 Å². The van der Waals surface area contributed by atoms with Crippen LogP contribution in [0, 0.1) is 0 Å². The smallest absolute Gasteiger partial charge is 0.194 e. The zero-order valence-corrected chi connectivity index (χ0v) is 18.7. The number of hydrogen-bond donors (Lipinski definition) is 1. The number of methoxy groups -OCH3 is 1. The third-order valence-corrected chi connectivity index (χ3v) is 5.35. The summed E-state index contributed by atoms with van der Waals surface area (Å²) in [6.45, 7) is 2.84. The SMILES string of the molecule is CN=C(NCc1ccc(Oc2ccccc2OC)cc1)N1CCOC(c2cnn(C)c2)C1. The molecule has 168 valence electrons. The Hall–Kier alpha value is -3.52. The number of aromatic nitrogens is 2. The van der Waals surface area contributed by atoms with Gasteiger partial charge in [-0.15, -0.1) is 0 Å². The number of benzene rings is 2. The Labute approximate surface area is 188 Å². The van der Waals surface area contributed by atoms with Crippen LogP contribution in [0.4, 0.5) is 0 Å². The third-order valence-electron chi connectivity index (χ3n) is 5.35. The van der Waals surface area contributed by atoms with Crippen molar-refractivity contribution in [2.45, 2.75) is 12.6 Å². The molecule has 0 bridgehead atoms. The van der Waals surface area contributed by atoms with E-state index in [-0.39, 0.29) is 6.10 Å². The fourth-order valence-electron chi connectivity index (χ4n) is 3.67. The van der Waals surface area contributed by atoms with E-state index in [2.05, 4.69) is 20.3 Å². The summed E-state index contributed by atoms with van der Waals surface area (Å²) in [5.41, 5.74) is 2.22. The maximum Gasteiger partial charge on any atom is 0.194 e. The van der Waals surface area contributed by atoms with Gasteiger partial charge in [0.15, 0.2) is 17.5 Å². The number of ether oxygens (including phenoxy) is 3. The van der Waals surface area contributed by atoms with Crippen LogP contribution >= 0.6 is 0 Å². The van der Waals surface area contributed by atoms with Crippen LogP contribution in [0.3, 0.4) is 0 Å². The molecule has 1 unspecified atom stereocenters. The molecule has 1 aliphatic heterocycles. The first-order valence-electron chi connectivity index (χ1n) is 10.6. The molecule has 1 fully saturated rings. The molecule has 1 aliphatic rings. The quantitative estimate of drug-likeness (QED) is 0.473. The van der Waals surface area contributed by atoms with E-state index in [1.165, 1.54) is 0 Å². The van der Waals surface area contributed by atoms with E-state index in [1.807, 2.05) is 68.0 Å². The van der Waals surface area contributed by atoms with Crippen molar-refractivity contribution in [3.05, 3.63) is 72.1 Å². The Kier molecular flexibility index (Phi) is 6.91. The minimum Gasteiger partial charge on any atom is -0.493 e. The Morgan fingerprint density at radius 2 is 1.97 bits per heavy atom. The number of rotatable bonds is 6. The molecule has 0 radical (unpaired) electrons. The molecule has 0 aliphatic carbocycles. The Morgan fingerprint density at radius 3 is 2.66 bits per heavy atom. The minimum absolute atomic E-state index is 0.0117. The summed E-state index contributed by atoms with van der Waals surface area (Å²) in [6, 6.07) is 15.6. The van der Waals surface area contributed by atoms with Crippen molar-refractivity contribution >= 4 is 5.96 Å². The second-order valence-corrected chi connectivity index (χ2v) is 7.55. The summed E-state index contributed by atoms with van der Waals surface area (Å²) in [5, 5.41) is 7.71. The van der Waals surface area contributed by atoms with Gasteiger partial charge in [-0.3, -0.25) is 9.67 Å². The van der Waals surface area contributed by atoms with Gasteiger partial charge in [-0.1, -0.05) is 24.3 Å². The first-order valence-corrected chi connectivity index (χ1v) is 10.6. The van der Waals surface area contributed by atoms with Gasteiger partial charge in [0, 0.05) is 38.9 Å². The lowest BCUT2D eigenvalue weighted by Crippen LogP contribution is -2.47. The number of nitrogens with zero attached hydrogens (tertiary/aromatic N) is 4. The monoisotopic (exact) mass is 435 g/mol. The molecular weight excluding hydrogens is 406 g/mol. The number of aryl methyl sites for hydroxylation is 1. The first kappa shape index (κ1) is 21.7. The largest absolute Gasteiger partial charge is 0.493 e. The predicted molar refractivity (Wildman–Crippen MR) is 123 cm³/mol. The van der Waals surface area contributed by atoms with Crippen LogP contribution in [0.15, 0.2) is 65.9 Å². The Morgan fingerprint density at radius 1 is 1.19 bits per heavy atom.